The molecule has 0 aromatic heterocycles. The summed E-state index contributed by atoms with van der Waals surface area (Å²) in [4.78, 5) is 13.5. The van der Waals surface area contributed by atoms with E-state index < -0.39 is 5.92 Å². The Morgan fingerprint density at radius 1 is 1.03 bits per heavy atom. The van der Waals surface area contributed by atoms with Gasteiger partial charge >= 0.3 is 0 Å². The molecule has 3 N–H and O–H groups in total. The van der Waals surface area contributed by atoms with Gasteiger partial charge in [-0.15, -0.1) is 0 Å². The van der Waals surface area contributed by atoms with Gasteiger partial charge in [-0.2, -0.15) is 0 Å². The van der Waals surface area contributed by atoms with Crippen LogP contribution in [0.25, 0.3) is 0 Å². The molecule has 2 aromatic rings. The van der Waals surface area contributed by atoms with Crippen molar-refractivity contribution < 1.29 is 29.6 Å². The second-order valence-corrected chi connectivity index (χ2v) is 8.48. The van der Waals surface area contributed by atoms with E-state index in [1.807, 2.05) is 39.8 Å². The predicted octanol–water partition coefficient (Wildman–Crippen LogP) is 5.19. The second kappa shape index (κ2) is 9.39. The van der Waals surface area contributed by atoms with Gasteiger partial charge in [-0.1, -0.05) is 29.4 Å². The number of phenols is 3. The average Bonchev–Trinajstić information content (AvgIpc) is 2.72. The van der Waals surface area contributed by atoms with E-state index in [0.717, 1.165) is 11.1 Å². The lowest BCUT2D eigenvalue weighted by molar-refractivity contribution is 0.0889. The molecule has 1 heterocycles. The highest BCUT2D eigenvalue weighted by Gasteiger charge is 2.36. The average molecular weight is 439 g/mol. The Morgan fingerprint density at radius 2 is 1.66 bits per heavy atom. The van der Waals surface area contributed by atoms with Gasteiger partial charge in [-0.05, 0) is 46.6 Å². The fourth-order valence-corrected chi connectivity index (χ4v) is 3.84. The number of ketones is 1. The van der Waals surface area contributed by atoms with Gasteiger partial charge in [0, 0.05) is 22.8 Å². The van der Waals surface area contributed by atoms with Crippen molar-refractivity contribution in [3.63, 3.8) is 0 Å². The van der Waals surface area contributed by atoms with Crippen molar-refractivity contribution in [2.24, 2.45) is 0 Å². The summed E-state index contributed by atoms with van der Waals surface area (Å²) in [5.74, 6) is -0.759. The minimum atomic E-state index is -0.727. The lowest BCUT2D eigenvalue weighted by Crippen LogP contribution is -2.27. The summed E-state index contributed by atoms with van der Waals surface area (Å²) in [5.41, 5.74) is 3.62. The number of aromatic hydroxyl groups is 3. The molecule has 0 amide bonds. The third kappa shape index (κ3) is 4.44. The molecule has 6 heteroatoms. The zero-order valence-corrected chi connectivity index (χ0v) is 19.2. The van der Waals surface area contributed by atoms with Crippen LogP contribution >= 0.6 is 0 Å². The van der Waals surface area contributed by atoms with Crippen molar-refractivity contribution in [3.05, 3.63) is 63.8 Å². The SMILES string of the molecule is COc1c([C@H]2COc3cc(O)c(CC=C(C)C)c(O)c3C2=O)ccc(O)c1CC=C(C)C. The number of Topliss-reactive ketones (excluding diaryl/α,β-unsaturated/α-hetero) is 1. The Hall–Kier alpha value is -3.41. The van der Waals surface area contributed by atoms with Crippen molar-refractivity contribution in [2.75, 3.05) is 13.7 Å². The molecule has 170 valence electrons. The summed E-state index contributed by atoms with van der Waals surface area (Å²) in [6.45, 7) is 7.80. The fraction of sp³-hybridized carbons (Fsp3) is 0.346. The maximum absolute atomic E-state index is 13.5. The minimum absolute atomic E-state index is 0.0290. The van der Waals surface area contributed by atoms with Gasteiger partial charge in [0.2, 0.25) is 0 Å². The number of allylic oxidation sites excluding steroid dienone is 4. The highest BCUT2D eigenvalue weighted by molar-refractivity contribution is 6.07. The van der Waals surface area contributed by atoms with Crippen LogP contribution in [0.2, 0.25) is 0 Å². The van der Waals surface area contributed by atoms with Crippen LogP contribution in [0.5, 0.6) is 28.7 Å². The quantitative estimate of drug-likeness (QED) is 0.537. The van der Waals surface area contributed by atoms with Crippen LogP contribution in [0.1, 0.15) is 60.7 Å². The second-order valence-electron chi connectivity index (χ2n) is 8.48. The fourth-order valence-electron chi connectivity index (χ4n) is 3.84. The van der Waals surface area contributed by atoms with Gasteiger partial charge in [-0.3, -0.25) is 4.79 Å². The van der Waals surface area contributed by atoms with E-state index in [-0.39, 0.29) is 46.5 Å². The number of benzene rings is 2. The van der Waals surface area contributed by atoms with Crippen molar-refractivity contribution in [3.8, 4) is 28.7 Å². The van der Waals surface area contributed by atoms with Gasteiger partial charge in [-0.25, -0.2) is 0 Å². The van der Waals surface area contributed by atoms with E-state index in [1.54, 1.807) is 12.1 Å². The van der Waals surface area contributed by atoms with Gasteiger partial charge in [0.1, 0.15) is 40.9 Å². The molecule has 0 saturated heterocycles. The highest BCUT2D eigenvalue weighted by atomic mass is 16.5. The molecule has 0 aliphatic carbocycles. The topological polar surface area (TPSA) is 96.2 Å². The minimum Gasteiger partial charge on any atom is -0.508 e. The highest BCUT2D eigenvalue weighted by Crippen LogP contribution is 2.46. The number of fused-ring (bicyclic) bond motifs is 1. The molecule has 0 saturated carbocycles. The maximum Gasteiger partial charge on any atom is 0.181 e. The van der Waals surface area contributed by atoms with Crippen LogP contribution in [0.4, 0.5) is 0 Å². The molecule has 6 nitrogen and oxygen atoms in total. The number of ether oxygens (including phenoxy) is 2. The zero-order chi connectivity index (χ0) is 23.6. The van der Waals surface area contributed by atoms with Gasteiger partial charge < -0.3 is 24.8 Å². The summed E-state index contributed by atoms with van der Waals surface area (Å²) in [6.07, 6.45) is 4.58. The van der Waals surface area contributed by atoms with Crippen molar-refractivity contribution in [1.29, 1.82) is 0 Å². The summed E-state index contributed by atoms with van der Waals surface area (Å²) in [6, 6.07) is 4.58. The Balaban J connectivity index is 2.09. The van der Waals surface area contributed by atoms with E-state index >= 15 is 0 Å². The number of phenolic OH excluding ortho intramolecular Hbond substituents is 3. The van der Waals surface area contributed by atoms with Gasteiger partial charge in [0.05, 0.1) is 13.0 Å². The van der Waals surface area contributed by atoms with Crippen LogP contribution in [0.3, 0.4) is 0 Å². The van der Waals surface area contributed by atoms with E-state index in [1.165, 1.54) is 13.2 Å². The van der Waals surface area contributed by atoms with E-state index in [0.29, 0.717) is 29.7 Å². The first kappa shape index (κ1) is 23.3. The Kier molecular flexibility index (Phi) is 6.82. The monoisotopic (exact) mass is 438 g/mol. The van der Waals surface area contributed by atoms with E-state index in [2.05, 4.69) is 0 Å². The molecular weight excluding hydrogens is 408 g/mol. The molecule has 1 atom stereocenters. The molecule has 0 spiro atoms. The maximum atomic E-state index is 13.5. The summed E-state index contributed by atoms with van der Waals surface area (Å²) >= 11 is 0. The normalized spacial score (nSPS) is 14.9. The Bertz CT molecular complexity index is 1100. The smallest absolute Gasteiger partial charge is 0.181 e. The molecule has 0 fully saturated rings. The summed E-state index contributed by atoms with van der Waals surface area (Å²) in [7, 11) is 1.50. The lowest BCUT2D eigenvalue weighted by Gasteiger charge is -2.28. The molecule has 0 radical (unpaired) electrons. The number of rotatable bonds is 6. The number of methoxy groups -OCH3 is 1. The third-order valence-electron chi connectivity index (χ3n) is 5.59. The molecule has 0 bridgehead atoms. The number of hydrogen-bond acceptors (Lipinski definition) is 6. The first-order valence-corrected chi connectivity index (χ1v) is 10.6. The molecule has 0 unspecified atom stereocenters. The predicted molar refractivity (Wildman–Crippen MR) is 123 cm³/mol. The molecule has 1 aliphatic heterocycles. The van der Waals surface area contributed by atoms with E-state index in [4.69, 9.17) is 9.47 Å². The standard InChI is InChI=1S/C26H30O6/c1-14(2)6-8-17-21(28)12-22-23(24(17)29)25(30)19(13-32-22)16-10-11-20(27)18(26(16)31-5)9-7-15(3)4/h6-7,10-12,19,27-29H,8-9,13H2,1-5H3/t19-/m1/s1. The first-order valence-electron chi connectivity index (χ1n) is 10.6. The van der Waals surface area contributed by atoms with Crippen LogP contribution in [-0.4, -0.2) is 34.8 Å². The zero-order valence-electron chi connectivity index (χ0n) is 19.2. The Morgan fingerprint density at radius 3 is 2.25 bits per heavy atom. The van der Waals surface area contributed by atoms with Crippen LogP contribution in [-0.2, 0) is 12.8 Å². The van der Waals surface area contributed by atoms with Crippen LogP contribution in [0, 0.1) is 0 Å². The number of carbonyl (C=O) groups is 1. The Labute approximate surface area is 188 Å². The molecule has 1 aliphatic rings. The van der Waals surface area contributed by atoms with Crippen molar-refractivity contribution >= 4 is 5.78 Å². The molecule has 3 rings (SSSR count). The lowest BCUT2D eigenvalue weighted by atomic mass is 9.85. The molecule has 32 heavy (non-hydrogen) atoms. The number of carbonyl (C=O) groups excluding carboxylic acids is 1. The van der Waals surface area contributed by atoms with Crippen LogP contribution in [0.15, 0.2) is 41.5 Å². The summed E-state index contributed by atoms with van der Waals surface area (Å²) in [5, 5.41) is 31.6. The largest absolute Gasteiger partial charge is 0.508 e. The number of hydrogen-bond donors (Lipinski definition) is 3. The van der Waals surface area contributed by atoms with Crippen molar-refractivity contribution in [2.45, 2.75) is 46.5 Å². The molecule has 2 aromatic carbocycles. The van der Waals surface area contributed by atoms with Crippen molar-refractivity contribution in [1.82, 2.24) is 0 Å². The van der Waals surface area contributed by atoms with Crippen LogP contribution < -0.4 is 9.47 Å². The summed E-state index contributed by atoms with van der Waals surface area (Å²) < 4.78 is 11.4. The van der Waals surface area contributed by atoms with E-state index in [9.17, 15) is 20.1 Å². The molecular formula is C26H30O6. The van der Waals surface area contributed by atoms with Gasteiger partial charge in [0.15, 0.2) is 5.78 Å². The third-order valence-corrected chi connectivity index (χ3v) is 5.59. The van der Waals surface area contributed by atoms with Gasteiger partial charge in [0.25, 0.3) is 0 Å². The first-order chi connectivity index (χ1) is 15.1.